The van der Waals surface area contributed by atoms with Crippen molar-refractivity contribution >= 4 is 11.8 Å². The van der Waals surface area contributed by atoms with Crippen molar-refractivity contribution < 1.29 is 34.1 Å². The van der Waals surface area contributed by atoms with Crippen molar-refractivity contribution in [2.75, 3.05) is 41.5 Å². The normalized spacial score (nSPS) is 27.8. The molecule has 2 aromatic carbocycles. The van der Waals surface area contributed by atoms with Crippen molar-refractivity contribution in [3.63, 3.8) is 0 Å². The second-order valence-electron chi connectivity index (χ2n) is 17.8. The summed E-state index contributed by atoms with van der Waals surface area (Å²) in [5, 5.41) is 29.4. The highest BCUT2D eigenvalue weighted by Gasteiger charge is 2.57. The standard InChI is InChI=1S/C42H64N4O7/c1-24-32-18-28(42(32,6)7)19-33(24)44-40(50)37-36(25(2)48)35(23-47)53-46(37)21-27-13-12-14-30(38(27)52-11)26-15-16-34(51-10)31(17-26)39(49)43-29(22-45(8)9)20-41(3,4)5/h12-17,24-25,28-29,32-33,35-37,47-48H,18-23H2,1-11H3,(H,43,49)(H,44,50)/t24-,25-,28+,29-,32+,33-,35-,36-,37-/m0/s1. The highest BCUT2D eigenvalue weighted by Crippen LogP contribution is 2.61. The predicted molar refractivity (Wildman–Crippen MR) is 206 cm³/mol. The van der Waals surface area contributed by atoms with Crippen LogP contribution in [0, 0.1) is 34.5 Å². The molecule has 53 heavy (non-hydrogen) atoms. The van der Waals surface area contributed by atoms with Crippen LogP contribution in [-0.2, 0) is 16.2 Å². The zero-order chi connectivity index (χ0) is 39.0. The van der Waals surface area contributed by atoms with E-state index in [0.29, 0.717) is 41.4 Å². The number of nitrogens with zero attached hydrogens (tertiary/aromatic N) is 2. The molecule has 1 aliphatic heterocycles. The van der Waals surface area contributed by atoms with E-state index in [4.69, 9.17) is 14.3 Å². The molecule has 1 heterocycles. The lowest BCUT2D eigenvalue weighted by molar-refractivity contribution is -0.183. The van der Waals surface area contributed by atoms with Crippen LogP contribution < -0.4 is 20.1 Å². The number of methoxy groups -OCH3 is 2. The van der Waals surface area contributed by atoms with Crippen molar-refractivity contribution in [1.29, 1.82) is 0 Å². The maximum atomic E-state index is 14.2. The summed E-state index contributed by atoms with van der Waals surface area (Å²) >= 11 is 0. The monoisotopic (exact) mass is 736 g/mol. The van der Waals surface area contributed by atoms with Gasteiger partial charge in [0.1, 0.15) is 23.6 Å². The van der Waals surface area contributed by atoms with Crippen molar-refractivity contribution in [3.8, 4) is 22.6 Å². The van der Waals surface area contributed by atoms with E-state index in [1.807, 2.05) is 44.4 Å². The zero-order valence-electron chi connectivity index (χ0n) is 33.7. The molecule has 4 N–H and O–H groups in total. The van der Waals surface area contributed by atoms with Gasteiger partial charge in [-0.25, -0.2) is 0 Å². The minimum atomic E-state index is -0.901. The molecule has 0 spiro atoms. The average Bonchev–Trinajstić information content (AvgIpc) is 3.46. The van der Waals surface area contributed by atoms with Gasteiger partial charge in [0.15, 0.2) is 0 Å². The Hall–Kier alpha value is -3.22. The Kier molecular flexibility index (Phi) is 12.6. The van der Waals surface area contributed by atoms with E-state index in [-0.39, 0.29) is 47.9 Å². The van der Waals surface area contributed by atoms with Crippen LogP contribution in [0.4, 0.5) is 0 Å². The number of hydrogen-bond acceptors (Lipinski definition) is 9. The molecule has 1 saturated heterocycles. The average molecular weight is 737 g/mol. The van der Waals surface area contributed by atoms with Crippen LogP contribution in [0.15, 0.2) is 36.4 Å². The van der Waals surface area contributed by atoms with Gasteiger partial charge in [0.05, 0.1) is 39.0 Å². The Balaban J connectivity index is 1.43. The van der Waals surface area contributed by atoms with Crippen LogP contribution >= 0.6 is 0 Å². The zero-order valence-corrected chi connectivity index (χ0v) is 33.7. The summed E-state index contributed by atoms with van der Waals surface area (Å²) < 4.78 is 11.7. The van der Waals surface area contributed by atoms with Crippen molar-refractivity contribution in [2.45, 2.75) is 105 Å². The lowest BCUT2D eigenvalue weighted by atomic mass is 9.45. The SMILES string of the molecule is COc1ccc(-c2cccc(CN3O[C@@H](CO)[C@H]([C@H](C)O)[C@H]3C(=O)N[C@H]3C[C@H]4C[C@H]([C@@H]3C)C4(C)C)c2OC)cc1C(=O)N[C@H](CN(C)C)CC(C)(C)C. The predicted octanol–water partition coefficient (Wildman–Crippen LogP) is 5.13. The lowest BCUT2D eigenvalue weighted by Crippen LogP contribution is -2.62. The summed E-state index contributed by atoms with van der Waals surface area (Å²) in [6, 6.07) is 10.4. The van der Waals surface area contributed by atoms with Crippen LogP contribution in [0.5, 0.6) is 11.5 Å². The fraction of sp³-hybridized carbons (Fsp3) is 0.667. The summed E-state index contributed by atoms with van der Waals surface area (Å²) in [7, 11) is 7.15. The summed E-state index contributed by atoms with van der Waals surface area (Å²) in [5.74, 6) is 1.42. The van der Waals surface area contributed by atoms with E-state index in [1.54, 1.807) is 32.3 Å². The molecule has 11 heteroatoms. The molecule has 4 aliphatic rings. The third-order valence-electron chi connectivity index (χ3n) is 12.2. The first kappa shape index (κ1) is 41.0. The molecule has 294 valence electrons. The Bertz CT molecular complexity index is 1600. The fourth-order valence-corrected chi connectivity index (χ4v) is 9.49. The van der Waals surface area contributed by atoms with Gasteiger partial charge in [0.2, 0.25) is 5.91 Å². The molecule has 2 aromatic rings. The third-order valence-corrected chi connectivity index (χ3v) is 12.2. The molecule has 6 rings (SSSR count). The third kappa shape index (κ3) is 8.70. The van der Waals surface area contributed by atoms with Crippen LogP contribution in [0.1, 0.15) is 83.7 Å². The van der Waals surface area contributed by atoms with Gasteiger partial charge in [-0.3, -0.25) is 14.4 Å². The topological polar surface area (TPSA) is 133 Å². The van der Waals surface area contributed by atoms with Crippen LogP contribution in [-0.4, -0.2) is 104 Å². The molecular formula is C42H64N4O7. The molecule has 11 nitrogen and oxygen atoms in total. The molecular weight excluding hydrogens is 672 g/mol. The van der Waals surface area contributed by atoms with Gasteiger partial charge in [-0.05, 0) is 86.6 Å². The van der Waals surface area contributed by atoms with Crippen molar-refractivity contribution in [2.24, 2.45) is 34.5 Å². The molecule has 0 radical (unpaired) electrons. The number of carbonyl (C=O) groups is 2. The summed E-state index contributed by atoms with van der Waals surface area (Å²) in [6.07, 6.45) is 1.28. The summed E-state index contributed by atoms with van der Waals surface area (Å²) in [6.45, 7) is 15.6. The quantitative estimate of drug-likeness (QED) is 0.209. The molecule has 0 aromatic heterocycles. The fourth-order valence-electron chi connectivity index (χ4n) is 9.49. The second-order valence-corrected chi connectivity index (χ2v) is 17.8. The van der Waals surface area contributed by atoms with Gasteiger partial charge in [0, 0.05) is 35.7 Å². The maximum absolute atomic E-state index is 14.2. The molecule has 3 saturated carbocycles. The molecule has 4 fully saturated rings. The first-order chi connectivity index (χ1) is 24.9. The van der Waals surface area contributed by atoms with E-state index in [9.17, 15) is 19.8 Å². The molecule has 9 atom stereocenters. The summed E-state index contributed by atoms with van der Waals surface area (Å²) in [5.41, 5.74) is 2.98. The number of hydroxylamine groups is 2. The summed E-state index contributed by atoms with van der Waals surface area (Å²) in [4.78, 5) is 36.4. The number of nitrogens with one attached hydrogen (secondary N) is 2. The van der Waals surface area contributed by atoms with E-state index >= 15 is 0 Å². The Morgan fingerprint density at radius 3 is 2.40 bits per heavy atom. The van der Waals surface area contributed by atoms with Gasteiger partial charge < -0.3 is 35.2 Å². The number of benzene rings is 2. The number of rotatable bonds is 14. The molecule has 2 bridgehead atoms. The van der Waals surface area contributed by atoms with E-state index < -0.39 is 24.2 Å². The number of carbonyl (C=O) groups excluding carboxylic acids is 2. The Morgan fingerprint density at radius 2 is 1.83 bits per heavy atom. The lowest BCUT2D eigenvalue weighted by Gasteiger charge is -2.62. The Morgan fingerprint density at radius 1 is 1.11 bits per heavy atom. The molecule has 3 aliphatic carbocycles. The van der Waals surface area contributed by atoms with Gasteiger partial charge in [-0.2, -0.15) is 5.06 Å². The number of aliphatic hydroxyl groups is 2. The smallest absolute Gasteiger partial charge is 0.255 e. The highest BCUT2D eigenvalue weighted by atomic mass is 16.7. The number of likely N-dealkylation sites (N-methyl/N-ethyl adjacent to an activating group) is 1. The Labute approximate surface area is 316 Å². The van der Waals surface area contributed by atoms with E-state index in [2.05, 4.69) is 57.1 Å². The number of amides is 2. The molecule has 0 unspecified atom stereocenters. The first-order valence-corrected chi connectivity index (χ1v) is 19.2. The van der Waals surface area contributed by atoms with Gasteiger partial charge >= 0.3 is 0 Å². The van der Waals surface area contributed by atoms with E-state index in [0.717, 1.165) is 29.5 Å². The second kappa shape index (κ2) is 16.3. The van der Waals surface area contributed by atoms with Gasteiger partial charge in [-0.1, -0.05) is 65.8 Å². The highest BCUT2D eigenvalue weighted by molar-refractivity contribution is 5.98. The maximum Gasteiger partial charge on any atom is 0.255 e. The number of fused-ring (bicyclic) bond motifs is 2. The number of ether oxygens (including phenoxy) is 2. The van der Waals surface area contributed by atoms with Crippen LogP contribution in [0.3, 0.4) is 0 Å². The van der Waals surface area contributed by atoms with Crippen molar-refractivity contribution in [1.82, 2.24) is 20.6 Å². The number of para-hydroxylation sites is 1. The van der Waals surface area contributed by atoms with Crippen LogP contribution in [0.2, 0.25) is 0 Å². The molecule has 2 amide bonds. The largest absolute Gasteiger partial charge is 0.496 e. The van der Waals surface area contributed by atoms with Gasteiger partial charge in [0.25, 0.3) is 5.91 Å². The van der Waals surface area contributed by atoms with Crippen LogP contribution in [0.25, 0.3) is 11.1 Å². The van der Waals surface area contributed by atoms with Gasteiger partial charge in [-0.15, -0.1) is 0 Å². The van der Waals surface area contributed by atoms with E-state index in [1.165, 1.54) is 6.42 Å². The van der Waals surface area contributed by atoms with Crippen molar-refractivity contribution in [3.05, 3.63) is 47.5 Å². The number of aliphatic hydroxyl groups excluding tert-OH is 2. The number of hydrogen-bond donors (Lipinski definition) is 4. The first-order valence-electron chi connectivity index (χ1n) is 19.2. The minimum absolute atomic E-state index is 0.0185. The minimum Gasteiger partial charge on any atom is -0.496 e.